The van der Waals surface area contributed by atoms with Crippen LogP contribution in [0.3, 0.4) is 0 Å². The predicted molar refractivity (Wildman–Crippen MR) is 81.3 cm³/mol. The fraction of sp³-hybridized carbons (Fsp3) is 0.571. The van der Waals surface area contributed by atoms with Crippen molar-refractivity contribution in [2.45, 2.75) is 38.3 Å². The van der Waals surface area contributed by atoms with Crippen molar-refractivity contribution in [1.29, 1.82) is 0 Å². The summed E-state index contributed by atoms with van der Waals surface area (Å²) in [5.41, 5.74) is 1.15. The van der Waals surface area contributed by atoms with E-state index < -0.39 is 0 Å². The Kier molecular flexibility index (Phi) is 6.12. The molecule has 0 aliphatic carbocycles. The summed E-state index contributed by atoms with van der Waals surface area (Å²) in [6.45, 7) is 4.22. The highest BCUT2D eigenvalue weighted by atomic mass is 79.9. The van der Waals surface area contributed by atoms with E-state index in [-0.39, 0.29) is 5.60 Å². The molecule has 1 rings (SSSR count). The van der Waals surface area contributed by atoms with E-state index in [9.17, 15) is 0 Å². The van der Waals surface area contributed by atoms with Crippen molar-refractivity contribution >= 4 is 27.5 Å². The first-order chi connectivity index (χ1) is 8.39. The van der Waals surface area contributed by atoms with Gasteiger partial charge in [-0.2, -0.15) is 0 Å². The zero-order valence-electron chi connectivity index (χ0n) is 11.4. The first-order valence-electron chi connectivity index (χ1n) is 6.07. The van der Waals surface area contributed by atoms with Gasteiger partial charge in [0.2, 0.25) is 0 Å². The Balaban J connectivity index is 2.74. The molecule has 18 heavy (non-hydrogen) atoms. The molecule has 1 atom stereocenters. The highest BCUT2D eigenvalue weighted by Gasteiger charge is 2.19. The van der Waals surface area contributed by atoms with Crippen LogP contribution in [-0.2, 0) is 4.74 Å². The molecule has 0 radical (unpaired) electrons. The van der Waals surface area contributed by atoms with E-state index in [4.69, 9.17) is 16.3 Å². The number of methoxy groups -OCH3 is 1. The second-order valence-corrected chi connectivity index (χ2v) is 6.28. The molecule has 4 heteroatoms. The lowest BCUT2D eigenvalue weighted by molar-refractivity contribution is 0.0118. The van der Waals surface area contributed by atoms with E-state index in [0.29, 0.717) is 6.04 Å². The molecule has 1 unspecified atom stereocenters. The monoisotopic (exact) mass is 333 g/mol. The molecular weight excluding hydrogens is 314 g/mol. The van der Waals surface area contributed by atoms with Crippen LogP contribution in [-0.4, -0.2) is 19.8 Å². The van der Waals surface area contributed by atoms with Crippen molar-refractivity contribution in [3.63, 3.8) is 0 Å². The van der Waals surface area contributed by atoms with Crippen molar-refractivity contribution < 1.29 is 4.74 Å². The maximum absolute atomic E-state index is 6.01. The van der Waals surface area contributed by atoms with Crippen LogP contribution in [0.25, 0.3) is 0 Å². The smallest absolute Gasteiger partial charge is 0.0623 e. The molecule has 1 aromatic rings. The number of ether oxygens (including phenoxy) is 1. The third-order valence-electron chi connectivity index (χ3n) is 3.28. The number of benzene rings is 1. The summed E-state index contributed by atoms with van der Waals surface area (Å²) in [6.07, 6.45) is 2.01. The second kappa shape index (κ2) is 6.90. The lowest BCUT2D eigenvalue weighted by atomic mass is 9.95. The van der Waals surface area contributed by atoms with Gasteiger partial charge in [0, 0.05) is 17.6 Å². The SMILES string of the molecule is CNC(CCC(C)(C)OC)c1ccc(Cl)c(Br)c1. The number of nitrogens with one attached hydrogen (secondary N) is 1. The minimum Gasteiger partial charge on any atom is -0.379 e. The van der Waals surface area contributed by atoms with Crippen molar-refractivity contribution in [3.8, 4) is 0 Å². The Labute approximate surface area is 123 Å². The minimum atomic E-state index is -0.0846. The summed E-state index contributed by atoms with van der Waals surface area (Å²) in [7, 11) is 3.74. The standard InChI is InChI=1S/C14H21BrClNO/c1-14(2,18-4)8-7-13(17-3)10-5-6-12(16)11(15)9-10/h5-6,9,13,17H,7-8H2,1-4H3. The predicted octanol–water partition coefficient (Wildman–Crippen LogP) is 4.57. The Bertz CT molecular complexity index is 395. The molecule has 0 heterocycles. The van der Waals surface area contributed by atoms with E-state index in [2.05, 4.69) is 47.2 Å². The van der Waals surface area contributed by atoms with Crippen LogP contribution >= 0.6 is 27.5 Å². The molecule has 0 aliphatic rings. The van der Waals surface area contributed by atoms with Crippen LogP contribution in [0.15, 0.2) is 22.7 Å². The van der Waals surface area contributed by atoms with Crippen LogP contribution < -0.4 is 5.32 Å². The maximum atomic E-state index is 6.01. The molecular formula is C14H21BrClNO. The van der Waals surface area contributed by atoms with Gasteiger partial charge in [0.15, 0.2) is 0 Å². The summed E-state index contributed by atoms with van der Waals surface area (Å²) < 4.78 is 6.39. The molecule has 0 aromatic heterocycles. The Morgan fingerprint density at radius 2 is 2.11 bits per heavy atom. The summed E-state index contributed by atoms with van der Waals surface area (Å²) in [5.74, 6) is 0. The van der Waals surface area contributed by atoms with Crippen molar-refractivity contribution in [3.05, 3.63) is 33.3 Å². The van der Waals surface area contributed by atoms with Gasteiger partial charge in [-0.3, -0.25) is 0 Å². The Morgan fingerprint density at radius 1 is 1.44 bits per heavy atom. The first kappa shape index (κ1) is 16.0. The van der Waals surface area contributed by atoms with Crippen LogP contribution in [0.2, 0.25) is 5.02 Å². The van der Waals surface area contributed by atoms with Gasteiger partial charge in [-0.1, -0.05) is 17.7 Å². The third-order valence-corrected chi connectivity index (χ3v) is 4.50. The van der Waals surface area contributed by atoms with Gasteiger partial charge in [0.05, 0.1) is 10.6 Å². The van der Waals surface area contributed by atoms with E-state index in [1.807, 2.05) is 13.1 Å². The van der Waals surface area contributed by atoms with Crippen LogP contribution in [0, 0.1) is 0 Å². The minimum absolute atomic E-state index is 0.0846. The van der Waals surface area contributed by atoms with E-state index in [1.165, 1.54) is 5.56 Å². The molecule has 0 saturated carbocycles. The molecule has 0 amide bonds. The Hall–Kier alpha value is -0.0900. The quantitative estimate of drug-likeness (QED) is 0.823. The Morgan fingerprint density at radius 3 is 2.61 bits per heavy atom. The summed E-state index contributed by atoms with van der Waals surface area (Å²) in [4.78, 5) is 0. The van der Waals surface area contributed by atoms with Crippen LogP contribution in [0.4, 0.5) is 0 Å². The highest BCUT2D eigenvalue weighted by molar-refractivity contribution is 9.10. The van der Waals surface area contributed by atoms with Crippen molar-refractivity contribution in [1.82, 2.24) is 5.32 Å². The van der Waals surface area contributed by atoms with Gasteiger partial charge in [0.25, 0.3) is 0 Å². The average molecular weight is 335 g/mol. The van der Waals surface area contributed by atoms with E-state index in [0.717, 1.165) is 22.3 Å². The number of rotatable bonds is 6. The molecule has 0 bridgehead atoms. The zero-order chi connectivity index (χ0) is 13.8. The molecule has 2 nitrogen and oxygen atoms in total. The molecule has 0 saturated heterocycles. The van der Waals surface area contributed by atoms with Gasteiger partial charge >= 0.3 is 0 Å². The number of halogens is 2. The third kappa shape index (κ3) is 4.54. The van der Waals surface area contributed by atoms with Gasteiger partial charge in [-0.25, -0.2) is 0 Å². The van der Waals surface area contributed by atoms with E-state index in [1.54, 1.807) is 7.11 Å². The van der Waals surface area contributed by atoms with Crippen LogP contribution in [0.5, 0.6) is 0 Å². The number of hydrogen-bond donors (Lipinski definition) is 1. The molecule has 1 N–H and O–H groups in total. The molecule has 0 spiro atoms. The molecule has 1 aromatic carbocycles. The second-order valence-electron chi connectivity index (χ2n) is 5.02. The first-order valence-corrected chi connectivity index (χ1v) is 7.24. The largest absolute Gasteiger partial charge is 0.379 e. The average Bonchev–Trinajstić information content (AvgIpc) is 2.34. The maximum Gasteiger partial charge on any atom is 0.0623 e. The van der Waals surface area contributed by atoms with Crippen molar-refractivity contribution in [2.24, 2.45) is 0 Å². The lowest BCUT2D eigenvalue weighted by Gasteiger charge is -2.26. The highest BCUT2D eigenvalue weighted by Crippen LogP contribution is 2.29. The summed E-state index contributed by atoms with van der Waals surface area (Å²) in [6, 6.07) is 6.37. The van der Waals surface area contributed by atoms with Gasteiger partial charge < -0.3 is 10.1 Å². The topological polar surface area (TPSA) is 21.3 Å². The molecule has 0 fully saturated rings. The normalized spacial score (nSPS) is 13.7. The fourth-order valence-corrected chi connectivity index (χ4v) is 2.31. The van der Waals surface area contributed by atoms with Gasteiger partial charge in [0.1, 0.15) is 0 Å². The van der Waals surface area contributed by atoms with Gasteiger partial charge in [-0.15, -0.1) is 0 Å². The van der Waals surface area contributed by atoms with Gasteiger partial charge in [-0.05, 0) is 67.4 Å². The molecule has 102 valence electrons. The summed E-state index contributed by atoms with van der Waals surface area (Å²) >= 11 is 9.48. The van der Waals surface area contributed by atoms with Crippen molar-refractivity contribution in [2.75, 3.05) is 14.2 Å². The fourth-order valence-electron chi connectivity index (χ4n) is 1.80. The zero-order valence-corrected chi connectivity index (χ0v) is 13.7. The van der Waals surface area contributed by atoms with Crippen LogP contribution in [0.1, 0.15) is 38.3 Å². The molecule has 0 aliphatic heterocycles. The number of hydrogen-bond acceptors (Lipinski definition) is 2. The van der Waals surface area contributed by atoms with E-state index >= 15 is 0 Å². The summed E-state index contributed by atoms with van der Waals surface area (Å²) in [5, 5.41) is 4.08. The lowest BCUT2D eigenvalue weighted by Crippen LogP contribution is -2.26.